The Kier molecular flexibility index (Phi) is 6.33. The number of aromatic nitrogens is 1. The van der Waals surface area contributed by atoms with Crippen molar-refractivity contribution in [3.05, 3.63) is 23.6 Å². The van der Waals surface area contributed by atoms with Gasteiger partial charge in [-0.2, -0.15) is 0 Å². The van der Waals surface area contributed by atoms with Gasteiger partial charge in [0.05, 0.1) is 5.56 Å². The van der Waals surface area contributed by atoms with Crippen LogP contribution in [0.1, 0.15) is 23.7 Å². The molecule has 0 radical (unpaired) electrons. The van der Waals surface area contributed by atoms with Gasteiger partial charge in [0.2, 0.25) is 0 Å². The number of nitrogen functional groups attached to an aromatic ring is 1. The standard InChI is InChI=1S/C13H22FN5O/c1-4-19(9-5-8-18(2)3)13(20)10-6-7-16-12(17-15)11(10)14/h6-7H,4-5,8-9,15H2,1-3H3,(H,16,17). The SMILES string of the molecule is CCN(CCCN(C)C)C(=O)c1ccnc(NN)c1F. The van der Waals surface area contributed by atoms with E-state index < -0.39 is 5.82 Å². The molecule has 3 N–H and O–H groups in total. The first-order valence-corrected chi connectivity index (χ1v) is 6.56. The lowest BCUT2D eigenvalue weighted by Crippen LogP contribution is -2.34. The van der Waals surface area contributed by atoms with Crippen LogP contribution in [0, 0.1) is 5.82 Å². The van der Waals surface area contributed by atoms with Crippen LogP contribution >= 0.6 is 0 Å². The molecule has 112 valence electrons. The van der Waals surface area contributed by atoms with Crippen molar-refractivity contribution in [2.24, 2.45) is 5.84 Å². The molecule has 1 aromatic rings. The average Bonchev–Trinajstić information content (AvgIpc) is 2.43. The first-order chi connectivity index (χ1) is 9.51. The normalized spacial score (nSPS) is 10.7. The molecular formula is C13H22FN5O. The van der Waals surface area contributed by atoms with E-state index in [4.69, 9.17) is 5.84 Å². The van der Waals surface area contributed by atoms with Crippen LogP contribution in [0.2, 0.25) is 0 Å². The summed E-state index contributed by atoms with van der Waals surface area (Å²) in [5, 5.41) is 0. The van der Waals surface area contributed by atoms with Gasteiger partial charge in [0.25, 0.3) is 5.91 Å². The molecule has 1 rings (SSSR count). The highest BCUT2D eigenvalue weighted by Gasteiger charge is 2.20. The van der Waals surface area contributed by atoms with Gasteiger partial charge in [-0.3, -0.25) is 4.79 Å². The van der Waals surface area contributed by atoms with Gasteiger partial charge in [0.1, 0.15) is 0 Å². The summed E-state index contributed by atoms with van der Waals surface area (Å²) in [5.74, 6) is 3.97. The Morgan fingerprint density at radius 1 is 1.45 bits per heavy atom. The second kappa shape index (κ2) is 7.76. The predicted molar refractivity (Wildman–Crippen MR) is 76.8 cm³/mol. The Morgan fingerprint density at radius 3 is 2.70 bits per heavy atom. The summed E-state index contributed by atoms with van der Waals surface area (Å²) in [7, 11) is 3.94. The van der Waals surface area contributed by atoms with Gasteiger partial charge in [-0.25, -0.2) is 15.2 Å². The maximum absolute atomic E-state index is 14.0. The molecule has 0 spiro atoms. The smallest absolute Gasteiger partial charge is 0.257 e. The Labute approximate surface area is 118 Å². The van der Waals surface area contributed by atoms with E-state index in [0.29, 0.717) is 13.1 Å². The average molecular weight is 283 g/mol. The van der Waals surface area contributed by atoms with Gasteiger partial charge < -0.3 is 15.2 Å². The Hall–Kier alpha value is -1.73. The van der Waals surface area contributed by atoms with E-state index in [1.165, 1.54) is 12.3 Å². The molecule has 0 atom stereocenters. The molecule has 0 bridgehead atoms. The van der Waals surface area contributed by atoms with E-state index in [1.807, 2.05) is 25.9 Å². The fraction of sp³-hybridized carbons (Fsp3) is 0.538. The second-order valence-corrected chi connectivity index (χ2v) is 4.71. The lowest BCUT2D eigenvalue weighted by atomic mass is 10.2. The number of halogens is 1. The van der Waals surface area contributed by atoms with Crippen LogP contribution in [0.4, 0.5) is 10.2 Å². The van der Waals surface area contributed by atoms with Crippen molar-refractivity contribution in [3.8, 4) is 0 Å². The van der Waals surface area contributed by atoms with E-state index in [9.17, 15) is 9.18 Å². The number of hydrogen-bond acceptors (Lipinski definition) is 5. The van der Waals surface area contributed by atoms with Crippen LogP contribution in [0.3, 0.4) is 0 Å². The fourth-order valence-electron chi connectivity index (χ4n) is 1.86. The van der Waals surface area contributed by atoms with Crippen molar-refractivity contribution in [1.82, 2.24) is 14.8 Å². The molecule has 1 heterocycles. The molecule has 7 heteroatoms. The van der Waals surface area contributed by atoms with Gasteiger partial charge in [-0.05, 0) is 40.1 Å². The minimum absolute atomic E-state index is 0.0142. The fourth-order valence-corrected chi connectivity index (χ4v) is 1.86. The first kappa shape index (κ1) is 16.3. The summed E-state index contributed by atoms with van der Waals surface area (Å²) in [4.78, 5) is 19.7. The van der Waals surface area contributed by atoms with Gasteiger partial charge in [0, 0.05) is 19.3 Å². The third-order valence-electron chi connectivity index (χ3n) is 2.96. The molecule has 20 heavy (non-hydrogen) atoms. The van der Waals surface area contributed by atoms with Crippen molar-refractivity contribution < 1.29 is 9.18 Å². The van der Waals surface area contributed by atoms with Gasteiger partial charge in [-0.15, -0.1) is 0 Å². The third-order valence-corrected chi connectivity index (χ3v) is 2.96. The third kappa shape index (κ3) is 4.14. The molecule has 0 aromatic carbocycles. The minimum atomic E-state index is -0.717. The van der Waals surface area contributed by atoms with Crippen molar-refractivity contribution >= 4 is 11.7 Å². The lowest BCUT2D eigenvalue weighted by Gasteiger charge is -2.22. The van der Waals surface area contributed by atoms with E-state index >= 15 is 0 Å². The lowest BCUT2D eigenvalue weighted by molar-refractivity contribution is 0.0754. The molecule has 0 fully saturated rings. The topological polar surface area (TPSA) is 74.5 Å². The summed E-state index contributed by atoms with van der Waals surface area (Å²) in [6, 6.07) is 1.37. The number of carbonyl (C=O) groups excluding carboxylic acids is 1. The van der Waals surface area contributed by atoms with Crippen LogP contribution in [0.25, 0.3) is 0 Å². The second-order valence-electron chi connectivity index (χ2n) is 4.71. The zero-order valence-electron chi connectivity index (χ0n) is 12.2. The number of anilines is 1. The van der Waals surface area contributed by atoms with E-state index in [-0.39, 0.29) is 17.3 Å². The molecule has 6 nitrogen and oxygen atoms in total. The molecule has 0 saturated carbocycles. The number of nitrogens with zero attached hydrogens (tertiary/aromatic N) is 3. The Bertz CT molecular complexity index is 452. The van der Waals surface area contributed by atoms with Crippen LogP contribution in [0.5, 0.6) is 0 Å². The number of hydrazine groups is 1. The monoisotopic (exact) mass is 283 g/mol. The summed E-state index contributed by atoms with van der Waals surface area (Å²) in [5.41, 5.74) is 2.13. The number of amides is 1. The summed E-state index contributed by atoms with van der Waals surface area (Å²) >= 11 is 0. The molecule has 1 amide bonds. The number of nitrogens with one attached hydrogen (secondary N) is 1. The summed E-state index contributed by atoms with van der Waals surface area (Å²) in [6.07, 6.45) is 2.19. The minimum Gasteiger partial charge on any atom is -0.339 e. The Morgan fingerprint density at radius 2 is 2.15 bits per heavy atom. The van der Waals surface area contributed by atoms with E-state index in [0.717, 1.165) is 13.0 Å². The van der Waals surface area contributed by atoms with E-state index in [1.54, 1.807) is 4.90 Å². The van der Waals surface area contributed by atoms with Crippen LogP contribution in [0.15, 0.2) is 12.3 Å². The maximum atomic E-state index is 14.0. The van der Waals surface area contributed by atoms with Crippen LogP contribution in [-0.4, -0.2) is 54.4 Å². The van der Waals surface area contributed by atoms with Gasteiger partial charge in [0.15, 0.2) is 11.6 Å². The summed E-state index contributed by atoms with van der Waals surface area (Å²) < 4.78 is 14.0. The number of hydrogen-bond donors (Lipinski definition) is 2. The quantitative estimate of drug-likeness (QED) is 0.575. The zero-order chi connectivity index (χ0) is 15.1. The van der Waals surface area contributed by atoms with Crippen LogP contribution < -0.4 is 11.3 Å². The van der Waals surface area contributed by atoms with Crippen molar-refractivity contribution in [2.75, 3.05) is 39.2 Å². The van der Waals surface area contributed by atoms with Gasteiger partial charge >= 0.3 is 0 Å². The zero-order valence-corrected chi connectivity index (χ0v) is 12.2. The molecular weight excluding hydrogens is 261 g/mol. The summed E-state index contributed by atoms with van der Waals surface area (Å²) in [6.45, 7) is 3.85. The molecule has 1 aromatic heterocycles. The Balaban J connectivity index is 2.80. The highest BCUT2D eigenvalue weighted by Crippen LogP contribution is 2.16. The van der Waals surface area contributed by atoms with Crippen molar-refractivity contribution in [3.63, 3.8) is 0 Å². The molecule has 0 saturated heterocycles. The molecule has 0 unspecified atom stereocenters. The molecule has 0 aliphatic rings. The van der Waals surface area contributed by atoms with Gasteiger partial charge in [-0.1, -0.05) is 0 Å². The highest BCUT2D eigenvalue weighted by molar-refractivity contribution is 5.95. The number of rotatable bonds is 7. The maximum Gasteiger partial charge on any atom is 0.257 e. The highest BCUT2D eigenvalue weighted by atomic mass is 19.1. The predicted octanol–water partition coefficient (Wildman–Crippen LogP) is 0.920. The van der Waals surface area contributed by atoms with E-state index in [2.05, 4.69) is 10.4 Å². The largest absolute Gasteiger partial charge is 0.339 e. The van der Waals surface area contributed by atoms with Crippen molar-refractivity contribution in [1.29, 1.82) is 0 Å². The molecule has 0 aliphatic heterocycles. The molecule has 0 aliphatic carbocycles. The first-order valence-electron chi connectivity index (χ1n) is 6.56. The number of nitrogens with two attached hydrogens (primary N) is 1. The van der Waals surface area contributed by atoms with Crippen molar-refractivity contribution in [2.45, 2.75) is 13.3 Å². The number of pyridine rings is 1. The van der Waals surface area contributed by atoms with Crippen LogP contribution in [-0.2, 0) is 0 Å². The number of carbonyl (C=O) groups is 1.